The first-order valence-corrected chi connectivity index (χ1v) is 8.76. The topological polar surface area (TPSA) is 79.4 Å². The molecule has 138 valence electrons. The molecule has 0 fully saturated rings. The Kier molecular flexibility index (Phi) is 4.84. The van der Waals surface area contributed by atoms with Crippen LogP contribution >= 0.6 is 0 Å². The lowest BCUT2D eigenvalue weighted by atomic mass is 10.0. The van der Waals surface area contributed by atoms with Crippen molar-refractivity contribution in [2.75, 3.05) is 7.11 Å². The van der Waals surface area contributed by atoms with Crippen molar-refractivity contribution in [3.8, 4) is 17.0 Å². The Labute approximate surface area is 161 Å². The van der Waals surface area contributed by atoms with Crippen molar-refractivity contribution < 1.29 is 9.53 Å². The second kappa shape index (κ2) is 7.75. The maximum Gasteiger partial charge on any atom is 0.289 e. The second-order valence-corrected chi connectivity index (χ2v) is 6.13. The Morgan fingerprint density at radius 1 is 1.07 bits per heavy atom. The second-order valence-electron chi connectivity index (χ2n) is 6.13. The average molecular weight is 370 g/mol. The van der Waals surface area contributed by atoms with Gasteiger partial charge >= 0.3 is 0 Å². The number of carbonyl (C=O) groups is 1. The summed E-state index contributed by atoms with van der Waals surface area (Å²) in [6.07, 6.45) is 1.59. The quantitative estimate of drug-likeness (QED) is 0.412. The summed E-state index contributed by atoms with van der Waals surface area (Å²) in [4.78, 5) is 12.4. The van der Waals surface area contributed by atoms with Gasteiger partial charge in [0.25, 0.3) is 5.91 Å². The highest BCUT2D eigenvalue weighted by Crippen LogP contribution is 2.26. The molecule has 0 spiro atoms. The van der Waals surface area contributed by atoms with Gasteiger partial charge in [-0.15, -0.1) is 0 Å². The summed E-state index contributed by atoms with van der Waals surface area (Å²) in [6.45, 7) is 0. The first kappa shape index (κ1) is 17.5. The van der Waals surface area contributed by atoms with E-state index < -0.39 is 0 Å². The van der Waals surface area contributed by atoms with Crippen molar-refractivity contribution in [2.45, 2.75) is 0 Å². The van der Waals surface area contributed by atoms with Gasteiger partial charge in [-0.3, -0.25) is 9.89 Å². The van der Waals surface area contributed by atoms with E-state index in [1.54, 1.807) is 19.4 Å². The fourth-order valence-corrected chi connectivity index (χ4v) is 3.00. The summed E-state index contributed by atoms with van der Waals surface area (Å²) in [5.41, 5.74) is 5.30. The number of aromatic amines is 1. The molecule has 4 rings (SSSR count). The lowest BCUT2D eigenvalue weighted by Gasteiger charge is -2.08. The van der Waals surface area contributed by atoms with Crippen LogP contribution in [0.15, 0.2) is 77.9 Å². The molecule has 0 atom stereocenters. The van der Waals surface area contributed by atoms with E-state index in [0.717, 1.165) is 21.9 Å². The van der Waals surface area contributed by atoms with E-state index in [4.69, 9.17) is 4.74 Å². The van der Waals surface area contributed by atoms with Crippen LogP contribution in [0.25, 0.3) is 22.0 Å². The molecule has 0 saturated heterocycles. The zero-order valence-corrected chi connectivity index (χ0v) is 15.2. The van der Waals surface area contributed by atoms with E-state index in [0.29, 0.717) is 17.1 Å². The summed E-state index contributed by atoms with van der Waals surface area (Å²) in [5, 5.41) is 13.1. The van der Waals surface area contributed by atoms with Crippen molar-refractivity contribution in [2.24, 2.45) is 5.10 Å². The van der Waals surface area contributed by atoms with Crippen molar-refractivity contribution in [3.63, 3.8) is 0 Å². The van der Waals surface area contributed by atoms with E-state index in [1.165, 1.54) is 0 Å². The van der Waals surface area contributed by atoms with Gasteiger partial charge in [0, 0.05) is 11.1 Å². The summed E-state index contributed by atoms with van der Waals surface area (Å²) >= 11 is 0. The van der Waals surface area contributed by atoms with Gasteiger partial charge in [-0.1, -0.05) is 60.7 Å². The lowest BCUT2D eigenvalue weighted by Crippen LogP contribution is -2.18. The first-order valence-electron chi connectivity index (χ1n) is 8.76. The van der Waals surface area contributed by atoms with Gasteiger partial charge in [-0.2, -0.15) is 10.2 Å². The van der Waals surface area contributed by atoms with Crippen LogP contribution in [0.5, 0.6) is 5.75 Å². The monoisotopic (exact) mass is 370 g/mol. The van der Waals surface area contributed by atoms with Crippen molar-refractivity contribution in [1.82, 2.24) is 15.6 Å². The van der Waals surface area contributed by atoms with Crippen molar-refractivity contribution in [3.05, 3.63) is 84.1 Å². The minimum absolute atomic E-state index is 0.334. The van der Waals surface area contributed by atoms with Crippen LogP contribution in [-0.4, -0.2) is 29.4 Å². The summed E-state index contributed by atoms with van der Waals surface area (Å²) < 4.78 is 5.43. The van der Waals surface area contributed by atoms with E-state index in [1.807, 2.05) is 66.7 Å². The number of hydrogen-bond acceptors (Lipinski definition) is 4. The number of benzene rings is 3. The number of H-pyrrole nitrogens is 1. The van der Waals surface area contributed by atoms with Crippen LogP contribution in [0.2, 0.25) is 0 Å². The van der Waals surface area contributed by atoms with Crippen LogP contribution in [0, 0.1) is 0 Å². The lowest BCUT2D eigenvalue weighted by molar-refractivity contribution is 0.0950. The fourth-order valence-electron chi connectivity index (χ4n) is 3.00. The first-order chi connectivity index (χ1) is 13.8. The number of hydrazone groups is 1. The highest BCUT2D eigenvalue weighted by Gasteiger charge is 2.11. The summed E-state index contributed by atoms with van der Waals surface area (Å²) in [6, 6.07) is 23.1. The Morgan fingerprint density at radius 2 is 1.86 bits per heavy atom. The third-order valence-corrected chi connectivity index (χ3v) is 4.40. The molecule has 2 N–H and O–H groups in total. The number of carbonyl (C=O) groups excluding carboxylic acids is 1. The van der Waals surface area contributed by atoms with Gasteiger partial charge in [-0.05, 0) is 22.9 Å². The Balaban J connectivity index is 1.54. The van der Waals surface area contributed by atoms with Crippen LogP contribution in [-0.2, 0) is 0 Å². The van der Waals surface area contributed by atoms with Gasteiger partial charge in [0.2, 0.25) is 0 Å². The highest BCUT2D eigenvalue weighted by atomic mass is 16.5. The smallest absolute Gasteiger partial charge is 0.289 e. The number of ether oxygens (including phenoxy) is 1. The number of fused-ring (bicyclic) bond motifs is 1. The summed E-state index contributed by atoms with van der Waals surface area (Å²) in [7, 11) is 1.61. The van der Waals surface area contributed by atoms with Crippen LogP contribution in [0.3, 0.4) is 0 Å². The Bertz CT molecular complexity index is 1150. The SMILES string of the molecule is COc1ccc2ccccc2c1/C=N\NC(=O)c1cc(-c2ccccc2)n[nH]1. The number of aromatic nitrogens is 2. The average Bonchev–Trinajstić information content (AvgIpc) is 3.25. The van der Waals surface area contributed by atoms with Gasteiger partial charge < -0.3 is 4.74 Å². The van der Waals surface area contributed by atoms with E-state index in [9.17, 15) is 4.79 Å². The molecule has 6 nitrogen and oxygen atoms in total. The van der Waals surface area contributed by atoms with Crippen molar-refractivity contribution >= 4 is 22.9 Å². The zero-order chi connectivity index (χ0) is 19.3. The van der Waals surface area contributed by atoms with Gasteiger partial charge in [0.05, 0.1) is 19.0 Å². The minimum atomic E-state index is -0.370. The highest BCUT2D eigenvalue weighted by molar-refractivity contribution is 6.03. The van der Waals surface area contributed by atoms with E-state index in [-0.39, 0.29) is 5.91 Å². The van der Waals surface area contributed by atoms with Gasteiger partial charge in [0.15, 0.2) is 0 Å². The number of methoxy groups -OCH3 is 1. The molecule has 0 radical (unpaired) electrons. The maximum absolute atomic E-state index is 12.4. The standard InChI is InChI=1S/C22H18N4O2/c1-28-21-12-11-15-7-5-6-10-17(15)18(21)14-23-26-22(27)20-13-19(24-25-20)16-8-3-2-4-9-16/h2-14H,1H3,(H,24,25)(H,26,27)/b23-14-. The molecule has 0 aliphatic rings. The molecule has 0 saturated carbocycles. The maximum atomic E-state index is 12.4. The normalized spacial score (nSPS) is 11.0. The van der Waals surface area contributed by atoms with Crippen LogP contribution < -0.4 is 10.2 Å². The molecule has 6 heteroatoms. The van der Waals surface area contributed by atoms with Crippen LogP contribution in [0.4, 0.5) is 0 Å². The minimum Gasteiger partial charge on any atom is -0.496 e. The van der Waals surface area contributed by atoms with E-state index >= 15 is 0 Å². The number of hydrogen-bond donors (Lipinski definition) is 2. The predicted molar refractivity (Wildman–Crippen MR) is 110 cm³/mol. The molecule has 0 aliphatic carbocycles. The fraction of sp³-hybridized carbons (Fsp3) is 0.0455. The number of amides is 1. The van der Waals surface area contributed by atoms with Gasteiger partial charge in [-0.25, -0.2) is 5.43 Å². The van der Waals surface area contributed by atoms with E-state index in [2.05, 4.69) is 20.7 Å². The zero-order valence-electron chi connectivity index (χ0n) is 15.2. The number of nitrogens with zero attached hydrogens (tertiary/aromatic N) is 2. The third kappa shape index (κ3) is 3.48. The molecule has 0 unspecified atom stereocenters. The molecule has 0 bridgehead atoms. The predicted octanol–water partition coefficient (Wildman–Crippen LogP) is 4.00. The van der Waals surface area contributed by atoms with Crippen LogP contribution in [0.1, 0.15) is 16.1 Å². The third-order valence-electron chi connectivity index (χ3n) is 4.40. The molecule has 1 amide bonds. The molecular formula is C22H18N4O2. The molecule has 1 aromatic heterocycles. The summed E-state index contributed by atoms with van der Waals surface area (Å²) in [5.74, 6) is 0.315. The van der Waals surface area contributed by atoms with Gasteiger partial charge in [0.1, 0.15) is 11.4 Å². The Hall–Kier alpha value is -3.93. The Morgan fingerprint density at radius 3 is 2.68 bits per heavy atom. The molecule has 1 heterocycles. The number of nitrogens with one attached hydrogen (secondary N) is 2. The molecule has 3 aromatic carbocycles. The molecule has 28 heavy (non-hydrogen) atoms. The molecule has 0 aliphatic heterocycles. The largest absolute Gasteiger partial charge is 0.496 e. The van der Waals surface area contributed by atoms with Crippen molar-refractivity contribution in [1.29, 1.82) is 0 Å². The number of rotatable bonds is 5. The molecular weight excluding hydrogens is 352 g/mol. The molecule has 4 aromatic rings.